The molecule has 10 heteroatoms. The third-order valence-electron chi connectivity index (χ3n) is 4.06. The zero-order valence-corrected chi connectivity index (χ0v) is 15.1. The molecule has 0 fully saturated rings. The molecule has 0 aliphatic rings. The number of anilines is 1. The van der Waals surface area contributed by atoms with Gasteiger partial charge in [0.1, 0.15) is 11.5 Å². The molecule has 10 nitrogen and oxygen atoms in total. The summed E-state index contributed by atoms with van der Waals surface area (Å²) in [5, 5.41) is 20.2. The predicted molar refractivity (Wildman–Crippen MR) is 98.9 cm³/mol. The van der Waals surface area contributed by atoms with Crippen molar-refractivity contribution in [1.82, 2.24) is 15.1 Å². The van der Waals surface area contributed by atoms with Gasteiger partial charge in [-0.2, -0.15) is 5.10 Å². The third kappa shape index (κ3) is 3.90. The van der Waals surface area contributed by atoms with Crippen LogP contribution < -0.4 is 10.6 Å². The first kappa shape index (κ1) is 18.8. The van der Waals surface area contributed by atoms with Crippen LogP contribution in [0.3, 0.4) is 0 Å². The Morgan fingerprint density at radius 1 is 1.29 bits per heavy atom. The minimum Gasteiger partial charge on any atom is -0.467 e. The highest BCUT2D eigenvalue weighted by molar-refractivity contribution is 6.08. The van der Waals surface area contributed by atoms with Crippen molar-refractivity contribution in [1.29, 1.82) is 0 Å². The van der Waals surface area contributed by atoms with Crippen molar-refractivity contribution >= 4 is 23.2 Å². The fourth-order valence-corrected chi connectivity index (χ4v) is 2.66. The van der Waals surface area contributed by atoms with Crippen molar-refractivity contribution < 1.29 is 18.9 Å². The highest BCUT2D eigenvalue weighted by Gasteiger charge is 2.20. The van der Waals surface area contributed by atoms with Gasteiger partial charge in [0.2, 0.25) is 0 Å². The first-order chi connectivity index (χ1) is 13.4. The van der Waals surface area contributed by atoms with E-state index in [1.54, 1.807) is 26.1 Å². The topological polar surface area (TPSA) is 132 Å². The Morgan fingerprint density at radius 3 is 2.71 bits per heavy atom. The number of amides is 2. The van der Waals surface area contributed by atoms with E-state index in [-0.39, 0.29) is 29.2 Å². The number of aromatic nitrogens is 2. The minimum atomic E-state index is -0.514. The van der Waals surface area contributed by atoms with Crippen LogP contribution in [0.4, 0.5) is 11.4 Å². The van der Waals surface area contributed by atoms with Crippen LogP contribution in [0.1, 0.15) is 32.2 Å². The Labute approximate surface area is 159 Å². The average molecular weight is 383 g/mol. The van der Waals surface area contributed by atoms with E-state index < -0.39 is 16.7 Å². The summed E-state index contributed by atoms with van der Waals surface area (Å²) in [4.78, 5) is 35.4. The van der Waals surface area contributed by atoms with E-state index in [4.69, 9.17) is 4.42 Å². The molecule has 0 atom stereocenters. The summed E-state index contributed by atoms with van der Waals surface area (Å²) in [7, 11) is 1.58. The molecule has 144 valence electrons. The standard InChI is InChI=1S/C18H17N5O5/c1-11-8-12(5-6-15(11)23(26)27)17(24)21-14-10-20-22(2)16(14)18(25)19-9-13-4-3-7-28-13/h3-8,10H,9H2,1-2H3,(H,19,25)(H,21,24). The van der Waals surface area contributed by atoms with Crippen LogP contribution in [0.2, 0.25) is 0 Å². The minimum absolute atomic E-state index is 0.0732. The van der Waals surface area contributed by atoms with Gasteiger partial charge in [0.25, 0.3) is 17.5 Å². The van der Waals surface area contributed by atoms with Gasteiger partial charge in [-0.25, -0.2) is 0 Å². The third-order valence-corrected chi connectivity index (χ3v) is 4.06. The molecular formula is C18H17N5O5. The zero-order chi connectivity index (χ0) is 20.3. The number of nitro groups is 1. The lowest BCUT2D eigenvalue weighted by Gasteiger charge is -2.09. The Morgan fingerprint density at radius 2 is 2.07 bits per heavy atom. The van der Waals surface area contributed by atoms with Crippen LogP contribution in [0.5, 0.6) is 0 Å². The fourth-order valence-electron chi connectivity index (χ4n) is 2.66. The molecule has 28 heavy (non-hydrogen) atoms. The van der Waals surface area contributed by atoms with Gasteiger partial charge in [-0.15, -0.1) is 0 Å². The molecule has 2 aromatic heterocycles. The number of rotatable bonds is 6. The van der Waals surface area contributed by atoms with Crippen molar-refractivity contribution in [2.45, 2.75) is 13.5 Å². The first-order valence-corrected chi connectivity index (χ1v) is 8.26. The lowest BCUT2D eigenvalue weighted by atomic mass is 10.1. The van der Waals surface area contributed by atoms with Crippen LogP contribution >= 0.6 is 0 Å². The first-order valence-electron chi connectivity index (χ1n) is 8.26. The summed E-state index contributed by atoms with van der Waals surface area (Å²) >= 11 is 0. The van der Waals surface area contributed by atoms with E-state index in [2.05, 4.69) is 15.7 Å². The van der Waals surface area contributed by atoms with Crippen LogP contribution in [0.15, 0.2) is 47.2 Å². The zero-order valence-electron chi connectivity index (χ0n) is 15.1. The van der Waals surface area contributed by atoms with Gasteiger partial charge in [-0.05, 0) is 31.2 Å². The molecule has 0 spiro atoms. The summed E-state index contributed by atoms with van der Waals surface area (Å²) < 4.78 is 6.51. The van der Waals surface area contributed by atoms with Crippen molar-refractivity contribution in [2.75, 3.05) is 5.32 Å². The lowest BCUT2D eigenvalue weighted by Crippen LogP contribution is -2.26. The number of hydrogen-bond donors (Lipinski definition) is 2. The SMILES string of the molecule is Cc1cc(C(=O)Nc2cnn(C)c2C(=O)NCc2ccco2)ccc1[N+](=O)[O-]. The number of carbonyl (C=O) groups is 2. The summed E-state index contributed by atoms with van der Waals surface area (Å²) in [6.45, 7) is 1.73. The van der Waals surface area contributed by atoms with E-state index >= 15 is 0 Å². The van der Waals surface area contributed by atoms with Crippen molar-refractivity contribution in [3.63, 3.8) is 0 Å². The molecule has 3 aromatic rings. The normalized spacial score (nSPS) is 10.5. The molecular weight excluding hydrogens is 366 g/mol. The number of hydrogen-bond acceptors (Lipinski definition) is 6. The maximum absolute atomic E-state index is 12.5. The summed E-state index contributed by atoms with van der Waals surface area (Å²) in [6.07, 6.45) is 2.86. The van der Waals surface area contributed by atoms with Crippen LogP contribution in [0.25, 0.3) is 0 Å². The largest absolute Gasteiger partial charge is 0.467 e. The summed E-state index contributed by atoms with van der Waals surface area (Å²) in [6, 6.07) is 7.48. The molecule has 0 bridgehead atoms. The number of nitrogens with one attached hydrogen (secondary N) is 2. The lowest BCUT2D eigenvalue weighted by molar-refractivity contribution is -0.385. The molecule has 0 radical (unpaired) electrons. The number of nitro benzene ring substituents is 1. The second-order valence-corrected chi connectivity index (χ2v) is 6.00. The van der Waals surface area contributed by atoms with Crippen molar-refractivity contribution in [3.05, 3.63) is 75.5 Å². The molecule has 2 amide bonds. The highest BCUT2D eigenvalue weighted by atomic mass is 16.6. The second-order valence-electron chi connectivity index (χ2n) is 6.00. The molecule has 0 saturated carbocycles. The second kappa shape index (κ2) is 7.74. The van der Waals surface area contributed by atoms with E-state index in [0.717, 1.165) is 0 Å². The fraction of sp³-hybridized carbons (Fsp3) is 0.167. The van der Waals surface area contributed by atoms with Crippen LogP contribution in [0, 0.1) is 17.0 Å². The quantitative estimate of drug-likeness (QED) is 0.496. The summed E-state index contributed by atoms with van der Waals surface area (Å²) in [5.41, 5.74) is 0.907. The maximum atomic E-state index is 12.5. The number of furan rings is 1. The smallest absolute Gasteiger partial charge is 0.272 e. The Hall–Kier alpha value is -3.95. The van der Waals surface area contributed by atoms with E-state index in [9.17, 15) is 19.7 Å². The molecule has 3 rings (SSSR count). The number of nitrogens with zero attached hydrogens (tertiary/aromatic N) is 3. The monoisotopic (exact) mass is 383 g/mol. The van der Waals surface area contributed by atoms with Gasteiger partial charge < -0.3 is 15.1 Å². The Kier molecular flexibility index (Phi) is 5.21. The number of benzene rings is 1. The maximum Gasteiger partial charge on any atom is 0.272 e. The number of carbonyl (C=O) groups excluding carboxylic acids is 2. The van der Waals surface area contributed by atoms with Gasteiger partial charge in [-0.3, -0.25) is 24.4 Å². The molecule has 2 heterocycles. The van der Waals surface area contributed by atoms with Gasteiger partial charge in [0.15, 0.2) is 0 Å². The molecule has 2 N–H and O–H groups in total. The van der Waals surface area contributed by atoms with Crippen molar-refractivity contribution in [2.24, 2.45) is 7.05 Å². The van der Waals surface area contributed by atoms with Crippen LogP contribution in [-0.4, -0.2) is 26.5 Å². The Balaban J connectivity index is 1.76. The van der Waals surface area contributed by atoms with Crippen LogP contribution in [-0.2, 0) is 13.6 Å². The van der Waals surface area contributed by atoms with Gasteiger partial charge in [-0.1, -0.05) is 0 Å². The predicted octanol–water partition coefficient (Wildman–Crippen LogP) is 2.41. The van der Waals surface area contributed by atoms with E-state index in [1.165, 1.54) is 35.3 Å². The van der Waals surface area contributed by atoms with Gasteiger partial charge in [0, 0.05) is 24.2 Å². The molecule has 0 unspecified atom stereocenters. The van der Waals surface area contributed by atoms with Gasteiger partial charge >= 0.3 is 0 Å². The molecule has 1 aromatic carbocycles. The van der Waals surface area contributed by atoms with E-state index in [1.807, 2.05) is 0 Å². The summed E-state index contributed by atoms with van der Waals surface area (Å²) in [5.74, 6) is -0.361. The molecule has 0 aliphatic heterocycles. The number of aryl methyl sites for hydroxylation is 2. The molecule has 0 saturated heterocycles. The van der Waals surface area contributed by atoms with Gasteiger partial charge in [0.05, 0.1) is 29.6 Å². The molecule has 0 aliphatic carbocycles. The highest BCUT2D eigenvalue weighted by Crippen LogP contribution is 2.21. The Bertz CT molecular complexity index is 1040. The average Bonchev–Trinajstić information content (AvgIpc) is 3.29. The van der Waals surface area contributed by atoms with Crippen molar-refractivity contribution in [3.8, 4) is 0 Å². The van der Waals surface area contributed by atoms with E-state index in [0.29, 0.717) is 11.3 Å².